The number of nitrogens with zero attached hydrogens (tertiary/aromatic N) is 2. The number of allylic oxidation sites excluding steroid dienone is 1. The van der Waals surface area contributed by atoms with E-state index in [9.17, 15) is 0 Å². The summed E-state index contributed by atoms with van der Waals surface area (Å²) in [4.78, 5) is 10.1. The van der Waals surface area contributed by atoms with Crippen LogP contribution in [0.1, 0.15) is 34.0 Å². The van der Waals surface area contributed by atoms with Crippen LogP contribution in [0, 0.1) is 0 Å². The summed E-state index contributed by atoms with van der Waals surface area (Å²) in [6, 6.07) is 55.6. The fraction of sp³-hybridized carbons (Fsp3) is 0.0870. The molecule has 6 aromatic carbocycles. The zero-order valence-corrected chi connectivity index (χ0v) is 29.1. The van der Waals surface area contributed by atoms with Crippen molar-refractivity contribution in [2.75, 3.05) is 5.88 Å². The Labute approximate surface area is 304 Å². The minimum absolute atomic E-state index is 0.0919. The molecule has 0 saturated heterocycles. The number of fused-ring (bicyclic) bond motifs is 1. The van der Waals surface area contributed by atoms with Crippen LogP contribution in [0.25, 0.3) is 67.8 Å². The minimum atomic E-state index is -0.0919. The molecule has 0 saturated carbocycles. The Kier molecular flexibility index (Phi) is 9.41. The van der Waals surface area contributed by atoms with Gasteiger partial charge in [0.1, 0.15) is 0 Å². The summed E-state index contributed by atoms with van der Waals surface area (Å²) in [5.74, 6) is 1.23. The molecule has 0 fully saturated rings. The average molecular weight is 679 g/mol. The molecule has 4 N–H and O–H groups in total. The van der Waals surface area contributed by atoms with Gasteiger partial charge in [0.2, 0.25) is 0 Å². The van der Waals surface area contributed by atoms with Gasteiger partial charge in [0.05, 0.1) is 16.8 Å². The lowest BCUT2D eigenvalue weighted by molar-refractivity contribution is 0.998. The van der Waals surface area contributed by atoms with Gasteiger partial charge in [0.15, 0.2) is 5.82 Å². The van der Waals surface area contributed by atoms with Crippen molar-refractivity contribution in [3.05, 3.63) is 180 Å². The largest absolute Gasteiger partial charge is 0.322 e. The summed E-state index contributed by atoms with van der Waals surface area (Å²) < 4.78 is 0. The van der Waals surface area contributed by atoms with Gasteiger partial charge in [-0.3, -0.25) is 0 Å². The predicted octanol–water partition coefficient (Wildman–Crippen LogP) is 10.9. The van der Waals surface area contributed by atoms with Gasteiger partial charge in [-0.05, 0) is 75.1 Å². The molecule has 51 heavy (non-hydrogen) atoms. The summed E-state index contributed by atoms with van der Waals surface area (Å²) in [6.45, 7) is 0. The Morgan fingerprint density at radius 2 is 1.08 bits per heavy atom. The number of aromatic nitrogens is 2. The van der Waals surface area contributed by atoms with Crippen LogP contribution in [0.2, 0.25) is 0 Å². The lowest BCUT2D eigenvalue weighted by Gasteiger charge is -2.19. The van der Waals surface area contributed by atoms with Crippen molar-refractivity contribution in [3.8, 4) is 56.2 Å². The highest BCUT2D eigenvalue weighted by Crippen LogP contribution is 2.35. The molecule has 0 radical (unpaired) electrons. The van der Waals surface area contributed by atoms with Crippen LogP contribution in [0.3, 0.4) is 0 Å². The van der Waals surface area contributed by atoms with Gasteiger partial charge in [-0.1, -0.05) is 152 Å². The number of thioether (sulfide) groups is 1. The third-order valence-corrected chi connectivity index (χ3v) is 10.4. The molecule has 4 nitrogen and oxygen atoms in total. The number of benzene rings is 6. The van der Waals surface area contributed by atoms with E-state index in [-0.39, 0.29) is 5.37 Å². The van der Waals surface area contributed by atoms with Gasteiger partial charge >= 0.3 is 0 Å². The number of hydrogen-bond donors (Lipinski definition) is 2. The smallest absolute Gasteiger partial charge is 0.160 e. The maximum atomic E-state index is 6.24. The first-order chi connectivity index (χ1) is 25.1. The molecule has 1 atom stereocenters. The topological polar surface area (TPSA) is 77.8 Å². The van der Waals surface area contributed by atoms with Gasteiger partial charge in [0.25, 0.3) is 0 Å². The van der Waals surface area contributed by atoms with E-state index in [0.717, 1.165) is 52.0 Å². The SMILES string of the molecule is NCSC(N)c1ccc(C2=Cc3ccc(-c4ccc(-c5cc(-c6cccc(-c7ccccc7)c6)nc(-c6ccccc6)n5)cc4)cc3CC2)cc1. The number of nitrogens with two attached hydrogens (primary N) is 2. The van der Waals surface area contributed by atoms with E-state index in [0.29, 0.717) is 11.7 Å². The molecule has 8 rings (SSSR count). The first-order valence-electron chi connectivity index (χ1n) is 17.3. The van der Waals surface area contributed by atoms with Gasteiger partial charge < -0.3 is 11.5 Å². The Hall–Kier alpha value is -5.59. The molecule has 1 aliphatic rings. The van der Waals surface area contributed by atoms with E-state index in [1.54, 1.807) is 11.8 Å². The standard InChI is InChI=1S/C46H38N4S/c47-30-51-45(48)35-20-16-33(17-21-35)39-23-25-40-26-38(22-24-41(40)27-39)32-14-18-34(19-15-32)43-29-44(50-46(49-43)36-10-5-2-6-11-36)42-13-7-12-37(28-42)31-8-3-1-4-9-31/h1-22,24,26-29,45H,23,25,30,47-48H2. The van der Waals surface area contributed by atoms with Crippen molar-refractivity contribution in [2.45, 2.75) is 18.2 Å². The normalized spacial score (nSPS) is 12.9. The molecule has 1 unspecified atom stereocenters. The Balaban J connectivity index is 1.07. The molecule has 1 heterocycles. The zero-order chi connectivity index (χ0) is 34.6. The van der Waals surface area contributed by atoms with E-state index < -0.39 is 0 Å². The molecule has 0 bridgehead atoms. The highest BCUT2D eigenvalue weighted by Gasteiger charge is 2.15. The van der Waals surface area contributed by atoms with Crippen LogP contribution in [0.4, 0.5) is 0 Å². The highest BCUT2D eigenvalue weighted by atomic mass is 32.2. The summed E-state index contributed by atoms with van der Waals surface area (Å²) in [5.41, 5.74) is 27.9. The van der Waals surface area contributed by atoms with Crippen LogP contribution < -0.4 is 11.5 Å². The number of aryl methyl sites for hydroxylation is 1. The minimum Gasteiger partial charge on any atom is -0.322 e. The highest BCUT2D eigenvalue weighted by molar-refractivity contribution is 7.99. The quantitative estimate of drug-likeness (QED) is 0.149. The second kappa shape index (κ2) is 14.7. The van der Waals surface area contributed by atoms with Crippen molar-refractivity contribution in [3.63, 3.8) is 0 Å². The molecular weight excluding hydrogens is 641 g/mol. The van der Waals surface area contributed by atoms with Gasteiger partial charge in [0, 0.05) is 22.6 Å². The summed E-state index contributed by atoms with van der Waals surface area (Å²) in [7, 11) is 0. The Morgan fingerprint density at radius 1 is 0.510 bits per heavy atom. The second-order valence-corrected chi connectivity index (χ2v) is 14.0. The molecule has 0 spiro atoms. The van der Waals surface area contributed by atoms with Gasteiger partial charge in [-0.2, -0.15) is 0 Å². The third-order valence-electron chi connectivity index (χ3n) is 9.56. The fourth-order valence-electron chi connectivity index (χ4n) is 6.77. The van der Waals surface area contributed by atoms with Crippen molar-refractivity contribution >= 4 is 23.4 Å². The van der Waals surface area contributed by atoms with Gasteiger partial charge in [-0.15, -0.1) is 11.8 Å². The zero-order valence-electron chi connectivity index (χ0n) is 28.2. The maximum absolute atomic E-state index is 6.24. The maximum Gasteiger partial charge on any atom is 0.160 e. The monoisotopic (exact) mass is 678 g/mol. The van der Waals surface area contributed by atoms with E-state index in [2.05, 4.69) is 140 Å². The van der Waals surface area contributed by atoms with Crippen LogP contribution in [0.5, 0.6) is 0 Å². The molecule has 5 heteroatoms. The van der Waals surface area contributed by atoms with E-state index >= 15 is 0 Å². The van der Waals surface area contributed by atoms with E-state index in [4.69, 9.17) is 21.4 Å². The van der Waals surface area contributed by atoms with Crippen LogP contribution in [-0.4, -0.2) is 15.8 Å². The molecule has 1 aromatic heterocycles. The lowest BCUT2D eigenvalue weighted by atomic mass is 9.87. The van der Waals surface area contributed by atoms with Crippen molar-refractivity contribution < 1.29 is 0 Å². The second-order valence-electron chi connectivity index (χ2n) is 12.8. The predicted molar refractivity (Wildman–Crippen MR) is 215 cm³/mol. The third kappa shape index (κ3) is 7.19. The van der Waals surface area contributed by atoms with Crippen LogP contribution >= 0.6 is 11.8 Å². The van der Waals surface area contributed by atoms with Crippen LogP contribution in [-0.2, 0) is 6.42 Å². The summed E-state index contributed by atoms with van der Waals surface area (Å²) in [6.07, 6.45) is 4.35. The van der Waals surface area contributed by atoms with Crippen molar-refractivity contribution in [2.24, 2.45) is 11.5 Å². The van der Waals surface area contributed by atoms with Crippen LogP contribution in [0.15, 0.2) is 158 Å². The van der Waals surface area contributed by atoms with E-state index in [1.807, 2.05) is 24.3 Å². The number of hydrogen-bond acceptors (Lipinski definition) is 5. The molecule has 1 aliphatic carbocycles. The summed E-state index contributed by atoms with van der Waals surface area (Å²) in [5, 5.41) is -0.0919. The first kappa shape index (κ1) is 32.6. The lowest BCUT2D eigenvalue weighted by Crippen LogP contribution is -2.09. The van der Waals surface area contributed by atoms with Crippen molar-refractivity contribution in [1.82, 2.24) is 9.97 Å². The van der Waals surface area contributed by atoms with E-state index in [1.165, 1.54) is 39.0 Å². The first-order valence-corrected chi connectivity index (χ1v) is 18.4. The molecule has 248 valence electrons. The van der Waals surface area contributed by atoms with Crippen molar-refractivity contribution in [1.29, 1.82) is 0 Å². The molecular formula is C46H38N4S. The van der Waals surface area contributed by atoms with Gasteiger partial charge in [-0.25, -0.2) is 9.97 Å². The number of rotatable bonds is 9. The fourth-order valence-corrected chi connectivity index (χ4v) is 7.32. The molecule has 0 amide bonds. The summed E-state index contributed by atoms with van der Waals surface area (Å²) >= 11 is 1.55. The Morgan fingerprint density at radius 3 is 1.80 bits per heavy atom. The molecule has 0 aliphatic heterocycles. The Bertz CT molecular complexity index is 2320. The molecule has 7 aromatic rings. The average Bonchev–Trinajstić information content (AvgIpc) is 3.21.